The van der Waals surface area contributed by atoms with Gasteiger partial charge in [-0.05, 0) is 17.5 Å². The van der Waals surface area contributed by atoms with Crippen LogP contribution in [0.3, 0.4) is 0 Å². The third-order valence-corrected chi connectivity index (χ3v) is 4.32. The highest BCUT2D eigenvalue weighted by Gasteiger charge is 2.13. The minimum atomic E-state index is -0.706. The van der Waals surface area contributed by atoms with Crippen LogP contribution in [-0.2, 0) is 19.1 Å². The molecule has 0 saturated carbocycles. The number of nitrogens with zero attached hydrogens (tertiary/aromatic N) is 1. The molecule has 0 radical (unpaired) electrons. The van der Waals surface area contributed by atoms with Crippen LogP contribution in [0.15, 0.2) is 66.7 Å². The van der Waals surface area contributed by atoms with Crippen molar-refractivity contribution in [2.75, 3.05) is 17.2 Å². The van der Waals surface area contributed by atoms with E-state index in [9.17, 15) is 24.5 Å². The number of anilines is 2. The maximum absolute atomic E-state index is 12.1. The molecular weight excluding hydrogens is 402 g/mol. The lowest BCUT2D eigenvalue weighted by Gasteiger charge is -2.09. The molecule has 3 rings (SSSR count). The number of ether oxygens (including phenoxy) is 1. The van der Waals surface area contributed by atoms with Crippen LogP contribution in [0.2, 0.25) is 0 Å². The maximum atomic E-state index is 12.1. The lowest BCUT2D eigenvalue weighted by Crippen LogP contribution is -2.22. The fourth-order valence-corrected chi connectivity index (χ4v) is 2.88. The second kappa shape index (κ2) is 9.97. The first-order chi connectivity index (χ1) is 14.9. The van der Waals surface area contributed by atoms with Crippen molar-refractivity contribution in [1.29, 1.82) is 0 Å². The van der Waals surface area contributed by atoms with Gasteiger partial charge in [-0.1, -0.05) is 42.5 Å². The highest BCUT2D eigenvalue weighted by Crippen LogP contribution is 2.22. The Kier molecular flexibility index (Phi) is 6.89. The summed E-state index contributed by atoms with van der Waals surface area (Å²) in [5.74, 6) is -1.70. The average Bonchev–Trinajstić information content (AvgIpc) is 2.76. The first-order valence-electron chi connectivity index (χ1n) is 9.40. The summed E-state index contributed by atoms with van der Waals surface area (Å²) in [5.41, 5.74) is 0.701. The fraction of sp³-hybridized carbons (Fsp3) is 0.136. The number of rotatable bonds is 8. The molecule has 0 aromatic heterocycles. The fourth-order valence-electron chi connectivity index (χ4n) is 2.88. The van der Waals surface area contributed by atoms with Gasteiger partial charge in [-0.25, -0.2) is 0 Å². The quantitative estimate of drug-likeness (QED) is 0.325. The van der Waals surface area contributed by atoms with Crippen LogP contribution in [-0.4, -0.2) is 29.3 Å². The van der Waals surface area contributed by atoms with Gasteiger partial charge in [0.2, 0.25) is 5.91 Å². The van der Waals surface area contributed by atoms with Gasteiger partial charge >= 0.3 is 5.97 Å². The summed E-state index contributed by atoms with van der Waals surface area (Å²) in [6.07, 6.45) is -0.422. The van der Waals surface area contributed by atoms with Crippen molar-refractivity contribution in [2.45, 2.75) is 12.8 Å². The van der Waals surface area contributed by atoms with Crippen LogP contribution < -0.4 is 10.6 Å². The number of non-ortho nitro benzene ring substituents is 1. The van der Waals surface area contributed by atoms with E-state index in [1.54, 1.807) is 6.07 Å². The number of nitrogens with one attached hydrogen (secondary N) is 2. The molecule has 0 atom stereocenters. The number of carbonyl (C=O) groups is 3. The molecule has 3 aromatic carbocycles. The Hall–Kier alpha value is -4.27. The lowest BCUT2D eigenvalue weighted by atomic mass is 10.1. The van der Waals surface area contributed by atoms with Crippen molar-refractivity contribution < 1.29 is 24.0 Å². The highest BCUT2D eigenvalue weighted by atomic mass is 16.6. The van der Waals surface area contributed by atoms with Crippen LogP contribution in [0.1, 0.15) is 12.8 Å². The van der Waals surface area contributed by atoms with E-state index in [-0.39, 0.29) is 24.2 Å². The summed E-state index contributed by atoms with van der Waals surface area (Å²) in [5, 5.41) is 17.8. The molecule has 9 nitrogen and oxygen atoms in total. The Morgan fingerprint density at radius 1 is 0.871 bits per heavy atom. The smallest absolute Gasteiger partial charge is 0.306 e. The molecule has 0 saturated heterocycles. The molecule has 0 aliphatic rings. The van der Waals surface area contributed by atoms with Crippen molar-refractivity contribution in [3.8, 4) is 0 Å². The summed E-state index contributed by atoms with van der Waals surface area (Å²) in [4.78, 5) is 46.1. The van der Waals surface area contributed by atoms with E-state index < -0.39 is 29.3 Å². The van der Waals surface area contributed by atoms with Crippen LogP contribution in [0, 0.1) is 10.1 Å². The van der Waals surface area contributed by atoms with E-state index in [2.05, 4.69) is 10.6 Å². The summed E-state index contributed by atoms with van der Waals surface area (Å²) >= 11 is 0. The number of nitro groups is 1. The van der Waals surface area contributed by atoms with E-state index in [1.165, 1.54) is 24.3 Å². The summed E-state index contributed by atoms with van der Waals surface area (Å²) in [6, 6.07) is 18.5. The molecule has 3 aromatic rings. The second-order valence-electron chi connectivity index (χ2n) is 6.59. The minimum absolute atomic E-state index is 0.158. The number of esters is 1. The van der Waals surface area contributed by atoms with Gasteiger partial charge in [0.15, 0.2) is 6.61 Å². The van der Waals surface area contributed by atoms with E-state index >= 15 is 0 Å². The molecule has 0 fully saturated rings. The Bertz CT molecular complexity index is 1140. The van der Waals surface area contributed by atoms with Crippen molar-refractivity contribution in [2.24, 2.45) is 0 Å². The molecule has 2 amide bonds. The minimum Gasteiger partial charge on any atom is -0.456 e. The first kappa shape index (κ1) is 21.4. The monoisotopic (exact) mass is 421 g/mol. The first-order valence-corrected chi connectivity index (χ1v) is 9.40. The van der Waals surface area contributed by atoms with E-state index in [0.29, 0.717) is 5.69 Å². The number of amides is 2. The normalized spacial score (nSPS) is 10.3. The van der Waals surface area contributed by atoms with Crippen LogP contribution in [0.5, 0.6) is 0 Å². The molecule has 0 heterocycles. The molecule has 0 aliphatic carbocycles. The summed E-state index contributed by atoms with van der Waals surface area (Å²) in [6.45, 7) is -0.478. The average molecular weight is 421 g/mol. The molecular formula is C22H19N3O6. The Balaban J connectivity index is 1.43. The molecule has 158 valence electrons. The van der Waals surface area contributed by atoms with Gasteiger partial charge in [0, 0.05) is 35.3 Å². The van der Waals surface area contributed by atoms with Gasteiger partial charge in [-0.15, -0.1) is 0 Å². The standard InChI is InChI=1S/C22H19N3O6/c26-20(23-16-7-4-8-17(13-16)25(29)30)11-12-22(28)31-14-21(27)24-19-10-3-6-15-5-1-2-9-18(15)19/h1-10,13H,11-12,14H2,(H,23,26)(H,24,27). The zero-order valence-electron chi connectivity index (χ0n) is 16.4. The van der Waals surface area contributed by atoms with Gasteiger partial charge in [0.05, 0.1) is 11.3 Å². The Morgan fingerprint density at radius 2 is 1.61 bits per heavy atom. The van der Waals surface area contributed by atoms with E-state index in [0.717, 1.165) is 10.8 Å². The maximum Gasteiger partial charge on any atom is 0.306 e. The van der Waals surface area contributed by atoms with Crippen LogP contribution >= 0.6 is 0 Å². The molecule has 0 spiro atoms. The van der Waals surface area contributed by atoms with E-state index in [1.807, 2.05) is 36.4 Å². The summed E-state index contributed by atoms with van der Waals surface area (Å²) < 4.78 is 4.92. The number of carbonyl (C=O) groups excluding carboxylic acids is 3. The Labute approximate surface area is 177 Å². The molecule has 9 heteroatoms. The van der Waals surface area contributed by atoms with Crippen LogP contribution in [0.25, 0.3) is 10.8 Å². The highest BCUT2D eigenvalue weighted by molar-refractivity contribution is 6.02. The molecule has 0 aliphatic heterocycles. The third-order valence-electron chi connectivity index (χ3n) is 4.32. The van der Waals surface area contributed by atoms with Gasteiger partial charge in [0.1, 0.15) is 0 Å². The molecule has 2 N–H and O–H groups in total. The largest absolute Gasteiger partial charge is 0.456 e. The Morgan fingerprint density at radius 3 is 2.42 bits per heavy atom. The number of fused-ring (bicyclic) bond motifs is 1. The lowest BCUT2D eigenvalue weighted by molar-refractivity contribution is -0.384. The van der Waals surface area contributed by atoms with Gasteiger partial charge in [-0.3, -0.25) is 24.5 Å². The zero-order chi connectivity index (χ0) is 22.2. The molecule has 0 unspecified atom stereocenters. The van der Waals surface area contributed by atoms with Crippen molar-refractivity contribution in [3.63, 3.8) is 0 Å². The second-order valence-corrected chi connectivity index (χ2v) is 6.59. The van der Waals surface area contributed by atoms with Crippen molar-refractivity contribution in [1.82, 2.24) is 0 Å². The number of nitro benzene ring substituents is 1. The SMILES string of the molecule is O=C(CCC(=O)OCC(=O)Nc1cccc2ccccc12)Nc1cccc([N+](=O)[O-])c1. The topological polar surface area (TPSA) is 128 Å². The zero-order valence-corrected chi connectivity index (χ0v) is 16.4. The van der Waals surface area contributed by atoms with E-state index in [4.69, 9.17) is 4.74 Å². The molecule has 0 bridgehead atoms. The number of benzene rings is 3. The van der Waals surface area contributed by atoms with Crippen LogP contribution in [0.4, 0.5) is 17.1 Å². The van der Waals surface area contributed by atoms with Gasteiger partial charge in [0.25, 0.3) is 11.6 Å². The predicted octanol–water partition coefficient (Wildman–Crippen LogP) is 3.65. The summed E-state index contributed by atoms with van der Waals surface area (Å²) in [7, 11) is 0. The third kappa shape index (κ3) is 6.10. The van der Waals surface area contributed by atoms with Gasteiger partial charge in [-0.2, -0.15) is 0 Å². The van der Waals surface area contributed by atoms with Gasteiger partial charge < -0.3 is 15.4 Å². The number of hydrogen-bond acceptors (Lipinski definition) is 6. The van der Waals surface area contributed by atoms with Crippen molar-refractivity contribution in [3.05, 3.63) is 76.8 Å². The van der Waals surface area contributed by atoms with Crippen molar-refractivity contribution >= 4 is 45.6 Å². The number of hydrogen-bond donors (Lipinski definition) is 2. The molecule has 31 heavy (non-hydrogen) atoms. The predicted molar refractivity (Wildman–Crippen MR) is 114 cm³/mol.